The Labute approximate surface area is 433 Å². The van der Waals surface area contributed by atoms with Crippen LogP contribution in [0, 0.1) is 12.3 Å². The zero-order chi connectivity index (χ0) is 51.7. The molecule has 3 aromatic heterocycles. The van der Waals surface area contributed by atoms with Gasteiger partial charge in [0.2, 0.25) is 5.95 Å². The Morgan fingerprint density at radius 1 is 0.806 bits per heavy atom. The number of hydrogen-bond acceptors (Lipinski definition) is 11. The standard InChI is InChI=1S/C25H36N6O.C15H23N3O2.C14H20N4O.ClH/c1-2-3-5-9-20-13-15-21(16-14-20)24(32)12-8-17-31-19-23(29-30-31)11-7-4-6-10-22-18-27-25(26)28-22;1-5-6-7-8-9-10-12-11-18(13(16)17-12)14(19)20-15(2,3)4;1-2-3-4-5-12-6-8-13(9-7-12)14(19)16-10-11-17-18-15;/h13-16,18-19H,2-12,17H2,1H3,(H3,26,27,28);1,11H,6-10H2,2-4H3,(H2,16,17);6-9H,2-5,10-11H2,1H3,(H,16,19);1H. The molecule has 6 N–H and O–H groups in total. The highest BCUT2D eigenvalue weighted by Gasteiger charge is 2.20. The van der Waals surface area contributed by atoms with Crippen LogP contribution in [0.3, 0.4) is 0 Å². The van der Waals surface area contributed by atoms with Crippen molar-refractivity contribution in [1.82, 2.24) is 39.8 Å². The number of nitrogens with two attached hydrogens (primary N) is 2. The zero-order valence-corrected chi connectivity index (χ0v) is 44.2. The highest BCUT2D eigenvalue weighted by atomic mass is 35.5. The highest BCUT2D eigenvalue weighted by molar-refractivity contribution is 5.96. The lowest BCUT2D eigenvalue weighted by atomic mass is 10.0. The van der Waals surface area contributed by atoms with E-state index in [1.54, 1.807) is 12.4 Å². The minimum absolute atomic E-state index is 0. The number of terminal acetylenes is 1. The van der Waals surface area contributed by atoms with Gasteiger partial charge in [-0.1, -0.05) is 99.1 Å². The number of nitrogens with one attached hydrogen (secondary N) is 2. The summed E-state index contributed by atoms with van der Waals surface area (Å²) in [5.74, 6) is 3.33. The fourth-order valence-electron chi connectivity index (χ4n) is 7.35. The second-order valence-electron chi connectivity index (χ2n) is 18.6. The molecule has 0 aliphatic carbocycles. The summed E-state index contributed by atoms with van der Waals surface area (Å²) in [5.41, 5.74) is 25.8. The van der Waals surface area contributed by atoms with E-state index in [0.717, 1.165) is 113 Å². The van der Waals surface area contributed by atoms with Gasteiger partial charge < -0.3 is 26.5 Å². The monoisotopic (exact) mass is 1010 g/mol. The first-order valence-corrected chi connectivity index (χ1v) is 25.4. The van der Waals surface area contributed by atoms with Crippen molar-refractivity contribution in [1.29, 1.82) is 0 Å². The molecule has 2 aromatic carbocycles. The highest BCUT2D eigenvalue weighted by Crippen LogP contribution is 2.16. The van der Waals surface area contributed by atoms with Crippen molar-refractivity contribution >= 4 is 42.1 Å². The molecule has 0 fully saturated rings. The Kier molecular flexibility index (Phi) is 30.3. The fourth-order valence-corrected chi connectivity index (χ4v) is 7.35. The summed E-state index contributed by atoms with van der Waals surface area (Å²) in [5, 5.41) is 14.5. The fraction of sp³-hybridized carbons (Fsp3) is 0.537. The third-order valence-corrected chi connectivity index (χ3v) is 11.2. The summed E-state index contributed by atoms with van der Waals surface area (Å²) in [4.78, 5) is 50.0. The van der Waals surface area contributed by atoms with Crippen LogP contribution in [0.5, 0.6) is 0 Å². The second-order valence-corrected chi connectivity index (χ2v) is 18.6. The van der Waals surface area contributed by atoms with Crippen molar-refractivity contribution in [3.8, 4) is 12.3 Å². The molecule has 3 heterocycles. The van der Waals surface area contributed by atoms with Gasteiger partial charge in [0.25, 0.3) is 5.91 Å². The van der Waals surface area contributed by atoms with Crippen molar-refractivity contribution in [2.24, 2.45) is 5.11 Å². The predicted octanol–water partition coefficient (Wildman–Crippen LogP) is 11.8. The minimum Gasteiger partial charge on any atom is -0.443 e. The Balaban J connectivity index is 0.000000388. The molecule has 0 aliphatic rings. The number of nitrogens with zero attached hydrogens (tertiary/aromatic N) is 9. The SMILES string of the molecule is C#CCCCCCc1cn(C(=O)OC(C)(C)C)c(N)n1.CCCCCc1ccc(C(=O)CCCn2cc(CCCCCc3cnc(N)[nH]3)nn2)cc1.CCCCCc1ccc(C(=O)NCCN=[N+]=[N-])cc1.Cl. The molecular weight excluding hydrogens is 930 g/mol. The largest absolute Gasteiger partial charge is 0.443 e. The Morgan fingerprint density at radius 2 is 1.40 bits per heavy atom. The van der Waals surface area contributed by atoms with E-state index in [-0.39, 0.29) is 36.6 Å². The molecule has 0 radical (unpaired) electrons. The van der Waals surface area contributed by atoms with E-state index >= 15 is 0 Å². The van der Waals surface area contributed by atoms with E-state index in [9.17, 15) is 14.4 Å². The number of Topliss-reactive ketones (excluding diaryl/α,β-unsaturated/α-hetero) is 1. The molecule has 0 saturated heterocycles. The number of hydrogen-bond donors (Lipinski definition) is 4. The maximum atomic E-state index is 12.5. The van der Waals surface area contributed by atoms with E-state index in [4.69, 9.17) is 28.2 Å². The van der Waals surface area contributed by atoms with Crippen molar-refractivity contribution in [3.05, 3.63) is 117 Å². The van der Waals surface area contributed by atoms with Gasteiger partial charge in [-0.15, -0.1) is 29.8 Å². The number of H-pyrrole nitrogens is 1. The van der Waals surface area contributed by atoms with Crippen LogP contribution in [-0.2, 0) is 43.4 Å². The number of nitrogen functional groups attached to an aromatic ring is 2. The molecule has 0 unspecified atom stereocenters. The van der Waals surface area contributed by atoms with Gasteiger partial charge >= 0.3 is 6.09 Å². The Morgan fingerprint density at radius 3 is 1.99 bits per heavy atom. The third kappa shape index (κ3) is 26.0. The molecule has 18 heteroatoms. The first kappa shape index (κ1) is 61.5. The number of aromatic amines is 1. The molecule has 0 saturated carbocycles. The number of carbonyl (C=O) groups is 3. The number of ether oxygens (including phenoxy) is 1. The van der Waals surface area contributed by atoms with E-state index in [1.165, 1.54) is 54.2 Å². The molecule has 72 heavy (non-hydrogen) atoms. The van der Waals surface area contributed by atoms with Gasteiger partial charge in [-0.05, 0) is 127 Å². The summed E-state index contributed by atoms with van der Waals surface area (Å²) in [7, 11) is 0. The number of unbranched alkanes of at least 4 members (excludes halogenated alkanes) is 9. The molecule has 5 rings (SSSR count). The van der Waals surface area contributed by atoms with Crippen LogP contribution in [0.4, 0.5) is 16.7 Å². The van der Waals surface area contributed by atoms with E-state index in [2.05, 4.69) is 72.5 Å². The van der Waals surface area contributed by atoms with Crippen LogP contribution < -0.4 is 16.8 Å². The summed E-state index contributed by atoms with van der Waals surface area (Å²) >= 11 is 0. The van der Waals surface area contributed by atoms with Gasteiger partial charge in [0.05, 0.1) is 17.6 Å². The number of aromatic nitrogens is 7. The van der Waals surface area contributed by atoms with Crippen LogP contribution in [0.25, 0.3) is 10.4 Å². The van der Waals surface area contributed by atoms with Gasteiger partial charge in [0, 0.05) is 66.6 Å². The van der Waals surface area contributed by atoms with Gasteiger partial charge in [-0.2, -0.15) is 0 Å². The molecule has 17 nitrogen and oxygen atoms in total. The minimum atomic E-state index is -0.552. The molecule has 5 aromatic rings. The summed E-state index contributed by atoms with van der Waals surface area (Å²) < 4.78 is 8.36. The number of halogens is 1. The van der Waals surface area contributed by atoms with Crippen LogP contribution >= 0.6 is 12.4 Å². The number of carbonyl (C=O) groups excluding carboxylic acids is 3. The molecule has 392 valence electrons. The first-order valence-electron chi connectivity index (χ1n) is 25.4. The number of anilines is 2. The number of imidazole rings is 2. The smallest absolute Gasteiger partial charge is 0.421 e. The molecule has 0 aliphatic heterocycles. The quantitative estimate of drug-likeness (QED) is 0.00921. The Hall–Kier alpha value is -6.63. The Bertz CT molecular complexity index is 2390. The van der Waals surface area contributed by atoms with E-state index in [0.29, 0.717) is 24.5 Å². The van der Waals surface area contributed by atoms with Crippen LogP contribution in [-0.4, -0.2) is 71.0 Å². The van der Waals surface area contributed by atoms with E-state index < -0.39 is 11.7 Å². The van der Waals surface area contributed by atoms with Gasteiger partial charge in [0.1, 0.15) is 5.60 Å². The van der Waals surface area contributed by atoms with Crippen LogP contribution in [0.1, 0.15) is 180 Å². The van der Waals surface area contributed by atoms with Gasteiger partial charge in [-0.25, -0.2) is 19.3 Å². The zero-order valence-electron chi connectivity index (χ0n) is 43.4. The number of aryl methyl sites for hydroxylation is 6. The summed E-state index contributed by atoms with van der Waals surface area (Å²) in [6.45, 7) is 11.2. The van der Waals surface area contributed by atoms with Gasteiger partial charge in [0.15, 0.2) is 11.7 Å². The van der Waals surface area contributed by atoms with Crippen molar-refractivity contribution in [3.63, 3.8) is 0 Å². The lowest BCUT2D eigenvalue weighted by molar-refractivity contribution is 0.0540. The first-order chi connectivity index (χ1) is 34.2. The summed E-state index contributed by atoms with van der Waals surface area (Å²) in [6.07, 6.45) is 30.7. The molecule has 0 atom stereocenters. The van der Waals surface area contributed by atoms with Crippen LogP contribution in [0.2, 0.25) is 0 Å². The number of ketones is 1. The van der Waals surface area contributed by atoms with E-state index in [1.807, 2.05) is 68.0 Å². The van der Waals surface area contributed by atoms with Crippen LogP contribution in [0.15, 0.2) is 72.2 Å². The summed E-state index contributed by atoms with van der Waals surface area (Å²) in [6, 6.07) is 15.8. The maximum absolute atomic E-state index is 12.5. The normalized spacial score (nSPS) is 10.6. The van der Waals surface area contributed by atoms with Crippen molar-refractivity contribution in [2.75, 3.05) is 24.6 Å². The third-order valence-electron chi connectivity index (χ3n) is 11.2. The topological polar surface area (TPSA) is 250 Å². The molecule has 0 bridgehead atoms. The van der Waals surface area contributed by atoms with Gasteiger partial charge in [-0.3, -0.25) is 14.3 Å². The van der Waals surface area contributed by atoms with Crippen molar-refractivity contribution in [2.45, 2.75) is 175 Å². The number of azide groups is 1. The second kappa shape index (κ2) is 35.5. The average molecular weight is 1010 g/mol. The molecular formula is C54H80ClN13O4. The van der Waals surface area contributed by atoms with Crippen molar-refractivity contribution < 1.29 is 19.1 Å². The lowest BCUT2D eigenvalue weighted by Crippen LogP contribution is -2.27. The lowest BCUT2D eigenvalue weighted by Gasteiger charge is -2.19. The number of benzene rings is 2. The maximum Gasteiger partial charge on any atom is 0.421 e. The predicted molar refractivity (Wildman–Crippen MR) is 290 cm³/mol. The number of amides is 1. The molecule has 0 spiro atoms. The molecule has 1 amide bonds. The number of rotatable bonds is 28. The average Bonchev–Trinajstić information content (AvgIpc) is 4.10.